The Morgan fingerprint density at radius 3 is 2.58 bits per heavy atom. The van der Waals surface area contributed by atoms with E-state index in [1.54, 1.807) is 0 Å². The van der Waals surface area contributed by atoms with Gasteiger partial charge in [-0.1, -0.05) is 49.1 Å². The number of amides is 1. The Labute approximate surface area is 164 Å². The lowest BCUT2D eigenvalue weighted by Gasteiger charge is -2.38. The molecule has 4 heteroatoms. The van der Waals surface area contributed by atoms with Crippen molar-refractivity contribution in [1.29, 1.82) is 0 Å². The topological polar surface area (TPSA) is 41.1 Å². The molecule has 0 aromatic heterocycles. The van der Waals surface area contributed by atoms with Gasteiger partial charge in [-0.3, -0.25) is 4.79 Å². The number of carbonyl (C=O) groups is 1. The molecule has 1 amide bonds. The summed E-state index contributed by atoms with van der Waals surface area (Å²) in [7, 11) is 0. The summed E-state index contributed by atoms with van der Waals surface area (Å²) >= 11 is 0. The average Bonchev–Trinajstić information content (AvgIpc) is 3.34. The van der Waals surface area contributed by atoms with Gasteiger partial charge in [0.25, 0.3) is 0 Å². The molecule has 1 aliphatic heterocycles. The van der Waals surface area contributed by atoms with Crippen molar-refractivity contribution in [2.75, 3.05) is 19.6 Å². The lowest BCUT2D eigenvalue weighted by Crippen LogP contribution is -2.43. The van der Waals surface area contributed by atoms with Gasteiger partial charge in [0.1, 0.15) is 0 Å². The highest BCUT2D eigenvalue weighted by Gasteiger charge is 2.57. The number of hydrogen-bond acceptors (Lipinski definition) is 2. The number of piperidine rings is 1. The summed E-state index contributed by atoms with van der Waals surface area (Å²) in [5, 5.41) is 6.81. The molecule has 26 heavy (non-hydrogen) atoms. The summed E-state index contributed by atoms with van der Waals surface area (Å²) in [6.45, 7) is 5.15. The Bertz CT molecular complexity index is 633. The van der Waals surface area contributed by atoms with Crippen LogP contribution in [0.3, 0.4) is 0 Å². The zero-order valence-electron chi connectivity index (χ0n) is 16.0. The summed E-state index contributed by atoms with van der Waals surface area (Å²) in [4.78, 5) is 12.8. The van der Waals surface area contributed by atoms with Gasteiger partial charge < -0.3 is 10.6 Å². The Balaban J connectivity index is 0.00000196. The number of halogens is 1. The molecule has 1 saturated heterocycles. The van der Waals surface area contributed by atoms with Crippen LogP contribution in [0.4, 0.5) is 0 Å². The largest absolute Gasteiger partial charge is 0.355 e. The third kappa shape index (κ3) is 3.80. The fourth-order valence-electron chi connectivity index (χ4n) is 5.35. The van der Waals surface area contributed by atoms with E-state index in [9.17, 15) is 4.79 Å². The molecule has 3 fully saturated rings. The third-order valence-corrected chi connectivity index (χ3v) is 7.15. The molecule has 144 valence electrons. The highest BCUT2D eigenvalue weighted by atomic mass is 35.5. The molecular formula is C22H33ClN2O. The molecule has 3 nitrogen and oxygen atoms in total. The number of nitrogens with one attached hydrogen (secondary N) is 2. The molecule has 1 atom stereocenters. The van der Waals surface area contributed by atoms with E-state index in [0.29, 0.717) is 11.3 Å². The SMILES string of the molecule is Cc1cccc(C2(CNC(=O)C3CC34CCNCC4)CCCCC2)c1.Cl. The van der Waals surface area contributed by atoms with Gasteiger partial charge in [0, 0.05) is 17.9 Å². The van der Waals surface area contributed by atoms with E-state index in [0.717, 1.165) is 26.1 Å². The zero-order chi connectivity index (χ0) is 17.3. The van der Waals surface area contributed by atoms with Crippen molar-refractivity contribution in [3.8, 4) is 0 Å². The lowest BCUT2D eigenvalue weighted by atomic mass is 9.69. The van der Waals surface area contributed by atoms with E-state index in [1.165, 1.54) is 56.1 Å². The monoisotopic (exact) mass is 376 g/mol. The van der Waals surface area contributed by atoms with Gasteiger partial charge >= 0.3 is 0 Å². The molecule has 1 aromatic rings. The first-order valence-electron chi connectivity index (χ1n) is 10.2. The van der Waals surface area contributed by atoms with Crippen molar-refractivity contribution >= 4 is 18.3 Å². The lowest BCUT2D eigenvalue weighted by molar-refractivity contribution is -0.123. The molecule has 4 rings (SSSR count). The van der Waals surface area contributed by atoms with Gasteiger partial charge in [-0.15, -0.1) is 12.4 Å². The second kappa shape index (κ2) is 7.90. The van der Waals surface area contributed by atoms with Crippen molar-refractivity contribution in [1.82, 2.24) is 10.6 Å². The average molecular weight is 377 g/mol. The van der Waals surface area contributed by atoms with Gasteiger partial charge in [0.15, 0.2) is 0 Å². The Morgan fingerprint density at radius 2 is 1.88 bits per heavy atom. The van der Waals surface area contributed by atoms with Gasteiger partial charge in [-0.05, 0) is 63.1 Å². The second-order valence-electron chi connectivity index (χ2n) is 8.80. The minimum Gasteiger partial charge on any atom is -0.355 e. The van der Waals surface area contributed by atoms with Gasteiger partial charge in [0.2, 0.25) is 5.91 Å². The van der Waals surface area contributed by atoms with E-state index in [1.807, 2.05) is 0 Å². The molecule has 2 aliphatic carbocycles. The van der Waals surface area contributed by atoms with Crippen LogP contribution >= 0.6 is 12.4 Å². The minimum atomic E-state index is 0. The van der Waals surface area contributed by atoms with Crippen LogP contribution in [0.25, 0.3) is 0 Å². The second-order valence-corrected chi connectivity index (χ2v) is 8.80. The van der Waals surface area contributed by atoms with Gasteiger partial charge in [0.05, 0.1) is 0 Å². The molecule has 0 bridgehead atoms. The van der Waals surface area contributed by atoms with Gasteiger partial charge in [-0.25, -0.2) is 0 Å². The molecule has 0 radical (unpaired) electrons. The number of benzene rings is 1. The molecule has 1 spiro atoms. The molecule has 2 saturated carbocycles. The highest BCUT2D eigenvalue weighted by molar-refractivity contribution is 5.85. The van der Waals surface area contributed by atoms with Crippen LogP contribution in [-0.4, -0.2) is 25.5 Å². The maximum absolute atomic E-state index is 12.8. The van der Waals surface area contributed by atoms with Crippen molar-refractivity contribution in [2.24, 2.45) is 11.3 Å². The van der Waals surface area contributed by atoms with Crippen LogP contribution in [0.2, 0.25) is 0 Å². The number of carbonyl (C=O) groups excluding carboxylic acids is 1. The molecule has 2 N–H and O–H groups in total. The predicted molar refractivity (Wildman–Crippen MR) is 109 cm³/mol. The van der Waals surface area contributed by atoms with Crippen LogP contribution in [0.15, 0.2) is 24.3 Å². The standard InChI is InChI=1S/C22H32N2O.ClH/c1-17-6-5-7-18(14-17)22(8-3-2-4-9-22)16-24-20(25)19-15-21(19)10-12-23-13-11-21;/h5-7,14,19,23H,2-4,8-13,15-16H2,1H3,(H,24,25);1H. The molecule has 1 heterocycles. The molecule has 1 aromatic carbocycles. The number of rotatable bonds is 4. The first kappa shape index (κ1) is 19.7. The zero-order valence-corrected chi connectivity index (χ0v) is 16.8. The van der Waals surface area contributed by atoms with E-state index in [2.05, 4.69) is 41.8 Å². The van der Waals surface area contributed by atoms with Crippen molar-refractivity contribution in [3.05, 3.63) is 35.4 Å². The van der Waals surface area contributed by atoms with Crippen LogP contribution in [0.1, 0.15) is 62.5 Å². The highest BCUT2D eigenvalue weighted by Crippen LogP contribution is 2.58. The van der Waals surface area contributed by atoms with Crippen LogP contribution in [0.5, 0.6) is 0 Å². The molecule has 3 aliphatic rings. The normalized spacial score (nSPS) is 26.0. The third-order valence-electron chi connectivity index (χ3n) is 7.15. The van der Waals surface area contributed by atoms with E-state index in [-0.39, 0.29) is 23.7 Å². The maximum Gasteiger partial charge on any atom is 0.223 e. The number of aryl methyl sites for hydroxylation is 1. The van der Waals surface area contributed by atoms with Crippen LogP contribution < -0.4 is 10.6 Å². The quantitative estimate of drug-likeness (QED) is 0.829. The summed E-state index contributed by atoms with van der Waals surface area (Å²) in [6, 6.07) is 8.95. The fourth-order valence-corrected chi connectivity index (χ4v) is 5.35. The first-order valence-corrected chi connectivity index (χ1v) is 10.2. The summed E-state index contributed by atoms with van der Waals surface area (Å²) < 4.78 is 0. The van der Waals surface area contributed by atoms with E-state index in [4.69, 9.17) is 0 Å². The smallest absolute Gasteiger partial charge is 0.223 e. The Morgan fingerprint density at radius 1 is 1.15 bits per heavy atom. The Kier molecular flexibility index (Phi) is 5.98. The van der Waals surface area contributed by atoms with Crippen molar-refractivity contribution < 1.29 is 4.79 Å². The van der Waals surface area contributed by atoms with E-state index >= 15 is 0 Å². The van der Waals surface area contributed by atoms with E-state index < -0.39 is 0 Å². The van der Waals surface area contributed by atoms with Crippen molar-refractivity contribution in [2.45, 2.75) is 63.7 Å². The molecule has 1 unspecified atom stereocenters. The first-order chi connectivity index (χ1) is 12.1. The minimum absolute atomic E-state index is 0. The van der Waals surface area contributed by atoms with Crippen LogP contribution in [-0.2, 0) is 10.2 Å². The summed E-state index contributed by atoms with van der Waals surface area (Å²) in [5.41, 5.74) is 3.23. The van der Waals surface area contributed by atoms with Crippen molar-refractivity contribution in [3.63, 3.8) is 0 Å². The fraction of sp³-hybridized carbons (Fsp3) is 0.682. The summed E-state index contributed by atoms with van der Waals surface area (Å²) in [6.07, 6.45) is 9.76. The Hall–Kier alpha value is -1.06. The molecular weight excluding hydrogens is 344 g/mol. The van der Waals surface area contributed by atoms with Crippen LogP contribution in [0, 0.1) is 18.3 Å². The predicted octanol–water partition coefficient (Wildman–Crippen LogP) is 4.12. The van der Waals surface area contributed by atoms with Gasteiger partial charge in [-0.2, -0.15) is 0 Å². The number of hydrogen-bond donors (Lipinski definition) is 2. The summed E-state index contributed by atoms with van der Waals surface area (Å²) in [5.74, 6) is 0.590. The maximum atomic E-state index is 12.8.